The van der Waals surface area contributed by atoms with Crippen LogP contribution in [-0.4, -0.2) is 10.8 Å². The Morgan fingerprint density at radius 3 is 1.32 bits per heavy atom. The summed E-state index contributed by atoms with van der Waals surface area (Å²) in [6.45, 7) is 6.26. The second-order valence-electron chi connectivity index (χ2n) is 7.49. The second-order valence-corrected chi connectivity index (χ2v) is 7.49. The Kier molecular flexibility index (Phi) is 14.5. The van der Waals surface area contributed by atoms with E-state index in [4.69, 9.17) is 5.73 Å². The van der Waals surface area contributed by atoms with Gasteiger partial charge in [-0.1, -0.05) is 104 Å². The summed E-state index contributed by atoms with van der Waals surface area (Å²) in [5.41, 5.74) is 4.90. The van der Waals surface area contributed by atoms with Crippen molar-refractivity contribution >= 4 is 0 Å². The molecule has 0 aromatic carbocycles. The zero-order chi connectivity index (χ0) is 16.7. The molecule has 0 saturated carbocycles. The molecule has 1 unspecified atom stereocenters. The number of aliphatic hydroxyl groups is 1. The molecule has 134 valence electrons. The van der Waals surface area contributed by atoms with Crippen LogP contribution < -0.4 is 5.73 Å². The Balaban J connectivity index is 3.15. The van der Waals surface area contributed by atoms with Crippen LogP contribution in [0.5, 0.6) is 0 Å². The second kappa shape index (κ2) is 14.5. The van der Waals surface area contributed by atoms with Gasteiger partial charge in [0.25, 0.3) is 0 Å². The highest BCUT2D eigenvalue weighted by Gasteiger charge is 2.24. The molecule has 0 heterocycles. The summed E-state index contributed by atoms with van der Waals surface area (Å²) < 4.78 is 0. The van der Waals surface area contributed by atoms with Crippen molar-refractivity contribution in [1.29, 1.82) is 0 Å². The van der Waals surface area contributed by atoms with Crippen LogP contribution in [0.3, 0.4) is 0 Å². The number of hydrogen-bond donors (Lipinski definition) is 2. The van der Waals surface area contributed by atoms with Crippen LogP contribution >= 0.6 is 0 Å². The van der Waals surface area contributed by atoms with Gasteiger partial charge in [-0.3, -0.25) is 0 Å². The first kappa shape index (κ1) is 21.9. The van der Waals surface area contributed by atoms with Crippen LogP contribution in [0.2, 0.25) is 0 Å². The highest BCUT2D eigenvalue weighted by atomic mass is 16.3. The maximum Gasteiger partial charge on any atom is 0.115 e. The lowest BCUT2D eigenvalue weighted by atomic mass is 9.94. The van der Waals surface area contributed by atoms with E-state index in [0.717, 1.165) is 12.8 Å². The normalized spacial score (nSPS) is 14.5. The topological polar surface area (TPSA) is 46.2 Å². The molecule has 0 spiro atoms. The van der Waals surface area contributed by atoms with Crippen LogP contribution in [0.4, 0.5) is 0 Å². The molecule has 0 bridgehead atoms. The largest absolute Gasteiger partial charge is 0.376 e. The van der Waals surface area contributed by atoms with Gasteiger partial charge in [-0.05, 0) is 18.8 Å². The Morgan fingerprint density at radius 2 is 1.00 bits per heavy atom. The lowest BCUT2D eigenvalue weighted by Crippen LogP contribution is -2.44. The van der Waals surface area contributed by atoms with Crippen molar-refractivity contribution < 1.29 is 5.11 Å². The van der Waals surface area contributed by atoms with Gasteiger partial charge >= 0.3 is 0 Å². The molecule has 0 aliphatic carbocycles. The van der Waals surface area contributed by atoms with Crippen molar-refractivity contribution in [2.24, 2.45) is 11.7 Å². The van der Waals surface area contributed by atoms with E-state index in [-0.39, 0.29) is 5.92 Å². The maximum absolute atomic E-state index is 9.96. The summed E-state index contributed by atoms with van der Waals surface area (Å²) >= 11 is 0. The van der Waals surface area contributed by atoms with Gasteiger partial charge < -0.3 is 10.8 Å². The fraction of sp³-hybridized carbons (Fsp3) is 1.00. The van der Waals surface area contributed by atoms with Crippen LogP contribution in [-0.2, 0) is 0 Å². The van der Waals surface area contributed by atoms with Crippen molar-refractivity contribution in [3.05, 3.63) is 0 Å². The highest BCUT2D eigenvalue weighted by molar-refractivity contribution is 4.74. The van der Waals surface area contributed by atoms with Gasteiger partial charge in [-0.25, -0.2) is 0 Å². The average Bonchev–Trinajstić information content (AvgIpc) is 2.47. The van der Waals surface area contributed by atoms with E-state index in [2.05, 4.69) is 6.92 Å². The van der Waals surface area contributed by atoms with E-state index in [0.29, 0.717) is 0 Å². The van der Waals surface area contributed by atoms with E-state index in [9.17, 15) is 5.11 Å². The van der Waals surface area contributed by atoms with E-state index in [1.807, 2.05) is 13.8 Å². The third-order valence-electron chi connectivity index (χ3n) is 4.93. The number of hydrogen-bond acceptors (Lipinski definition) is 2. The summed E-state index contributed by atoms with van der Waals surface area (Å²) in [5.74, 6) is 0.148. The summed E-state index contributed by atoms with van der Waals surface area (Å²) in [6, 6.07) is 0. The molecule has 0 aromatic heterocycles. The molecule has 2 heteroatoms. The molecule has 22 heavy (non-hydrogen) atoms. The number of rotatable bonds is 16. The summed E-state index contributed by atoms with van der Waals surface area (Å²) in [7, 11) is 0. The lowest BCUT2D eigenvalue weighted by molar-refractivity contribution is -0.00917. The molecule has 3 N–H and O–H groups in total. The monoisotopic (exact) mass is 313 g/mol. The molecule has 1 atom stereocenters. The molecule has 0 amide bonds. The smallest absolute Gasteiger partial charge is 0.115 e. The van der Waals surface area contributed by atoms with Crippen molar-refractivity contribution in [3.63, 3.8) is 0 Å². The minimum Gasteiger partial charge on any atom is -0.376 e. The SMILES string of the molecule is CCCCCCCCCCCCCCCCC(N)(O)C(C)C. The zero-order valence-electron chi connectivity index (χ0n) is 15.7. The predicted molar refractivity (Wildman–Crippen MR) is 98.9 cm³/mol. The van der Waals surface area contributed by atoms with E-state index >= 15 is 0 Å². The van der Waals surface area contributed by atoms with E-state index in [1.165, 1.54) is 83.5 Å². The molecular formula is C20H43NO. The summed E-state index contributed by atoms with van der Waals surface area (Å²) in [6.07, 6.45) is 19.8. The fourth-order valence-electron chi connectivity index (χ4n) is 2.89. The average molecular weight is 314 g/mol. The fourth-order valence-corrected chi connectivity index (χ4v) is 2.89. The van der Waals surface area contributed by atoms with Crippen molar-refractivity contribution in [3.8, 4) is 0 Å². The van der Waals surface area contributed by atoms with Crippen LogP contribution in [0, 0.1) is 5.92 Å². The first-order chi connectivity index (χ1) is 10.5. The molecular weight excluding hydrogens is 270 g/mol. The Labute approximate surface area is 140 Å². The number of nitrogens with two attached hydrogens (primary N) is 1. The molecule has 2 nitrogen and oxygen atoms in total. The molecule has 0 aromatic rings. The first-order valence-electron chi connectivity index (χ1n) is 10.0. The third kappa shape index (κ3) is 13.6. The van der Waals surface area contributed by atoms with Gasteiger partial charge in [-0.2, -0.15) is 0 Å². The zero-order valence-corrected chi connectivity index (χ0v) is 15.7. The quantitative estimate of drug-likeness (QED) is 0.265. The van der Waals surface area contributed by atoms with E-state index < -0.39 is 5.72 Å². The number of unbranched alkanes of at least 4 members (excludes halogenated alkanes) is 13. The molecule has 0 fully saturated rings. The van der Waals surface area contributed by atoms with Gasteiger partial charge in [0.2, 0.25) is 0 Å². The van der Waals surface area contributed by atoms with Gasteiger partial charge in [0.1, 0.15) is 5.72 Å². The molecule has 0 rings (SSSR count). The van der Waals surface area contributed by atoms with Gasteiger partial charge in [0, 0.05) is 0 Å². The minimum absolute atomic E-state index is 0.148. The Morgan fingerprint density at radius 1 is 0.682 bits per heavy atom. The molecule has 0 radical (unpaired) electrons. The van der Waals surface area contributed by atoms with Crippen molar-refractivity contribution in [2.75, 3.05) is 0 Å². The van der Waals surface area contributed by atoms with Gasteiger partial charge in [0.15, 0.2) is 0 Å². The minimum atomic E-state index is -0.961. The van der Waals surface area contributed by atoms with Crippen molar-refractivity contribution in [1.82, 2.24) is 0 Å². The maximum atomic E-state index is 9.96. The summed E-state index contributed by atoms with van der Waals surface area (Å²) in [5, 5.41) is 9.96. The summed E-state index contributed by atoms with van der Waals surface area (Å²) in [4.78, 5) is 0. The van der Waals surface area contributed by atoms with E-state index in [1.54, 1.807) is 0 Å². The standard InChI is InChI=1S/C20H43NO/c1-4-5-6-7-8-9-10-11-12-13-14-15-16-17-18-20(21,22)19(2)3/h19,22H,4-18,21H2,1-3H3. The first-order valence-corrected chi connectivity index (χ1v) is 10.0. The van der Waals surface area contributed by atoms with Gasteiger partial charge in [-0.15, -0.1) is 0 Å². The Bertz CT molecular complexity index is 226. The van der Waals surface area contributed by atoms with Crippen LogP contribution in [0.25, 0.3) is 0 Å². The molecule has 0 aliphatic heterocycles. The van der Waals surface area contributed by atoms with Crippen molar-refractivity contribution in [2.45, 2.75) is 123 Å². The molecule has 0 saturated heterocycles. The predicted octanol–water partition coefficient (Wildman–Crippen LogP) is 6.16. The Hall–Kier alpha value is -0.0800. The van der Waals surface area contributed by atoms with Crippen LogP contribution in [0.15, 0.2) is 0 Å². The highest BCUT2D eigenvalue weighted by Crippen LogP contribution is 2.19. The molecule has 0 aliphatic rings. The van der Waals surface area contributed by atoms with Crippen LogP contribution in [0.1, 0.15) is 117 Å². The van der Waals surface area contributed by atoms with Gasteiger partial charge in [0.05, 0.1) is 0 Å². The third-order valence-corrected chi connectivity index (χ3v) is 4.93. The lowest BCUT2D eigenvalue weighted by Gasteiger charge is -2.27.